The normalized spacial score (nSPS) is 20.5. The van der Waals surface area contributed by atoms with Gasteiger partial charge in [0.2, 0.25) is 0 Å². The van der Waals surface area contributed by atoms with Crippen molar-refractivity contribution in [2.24, 2.45) is 0 Å². The van der Waals surface area contributed by atoms with E-state index in [1.165, 1.54) is 0 Å². The summed E-state index contributed by atoms with van der Waals surface area (Å²) in [5.41, 5.74) is 1.47. The topological polar surface area (TPSA) is 77.7 Å². The molecule has 0 bridgehead atoms. The lowest BCUT2D eigenvalue weighted by atomic mass is 10.1. The lowest BCUT2D eigenvalue weighted by Crippen LogP contribution is -2.11. The van der Waals surface area contributed by atoms with E-state index in [0.29, 0.717) is 17.9 Å². The fraction of sp³-hybridized carbons (Fsp3) is 0.267. The molecule has 0 spiro atoms. The Labute approximate surface area is 127 Å². The van der Waals surface area contributed by atoms with Crippen molar-refractivity contribution in [2.45, 2.75) is 12.3 Å². The highest BCUT2D eigenvalue weighted by molar-refractivity contribution is 7.91. The maximum atomic E-state index is 11.8. The molecule has 4 rings (SSSR count). The SMILES string of the molecule is O=S1(=O)CCC(c2nc3cccnc3n2-c2ccccn2)C1. The second kappa shape index (κ2) is 4.88. The lowest BCUT2D eigenvalue weighted by Gasteiger charge is -2.11. The third-order valence-electron chi connectivity index (χ3n) is 3.92. The largest absolute Gasteiger partial charge is 0.264 e. The van der Waals surface area contributed by atoms with Gasteiger partial charge in [0.15, 0.2) is 15.5 Å². The average molecular weight is 314 g/mol. The maximum absolute atomic E-state index is 11.8. The van der Waals surface area contributed by atoms with Crippen LogP contribution in [0.5, 0.6) is 0 Å². The van der Waals surface area contributed by atoms with Crippen molar-refractivity contribution >= 4 is 21.0 Å². The molecule has 1 aliphatic heterocycles. The van der Waals surface area contributed by atoms with Gasteiger partial charge in [-0.15, -0.1) is 0 Å². The smallest absolute Gasteiger partial charge is 0.165 e. The molecule has 0 aliphatic carbocycles. The molecular weight excluding hydrogens is 300 g/mol. The van der Waals surface area contributed by atoms with Crippen LogP contribution in [0, 0.1) is 0 Å². The number of imidazole rings is 1. The van der Waals surface area contributed by atoms with Gasteiger partial charge in [0.05, 0.1) is 11.5 Å². The first-order valence-corrected chi connectivity index (χ1v) is 8.91. The first-order valence-electron chi connectivity index (χ1n) is 7.09. The van der Waals surface area contributed by atoms with Gasteiger partial charge < -0.3 is 0 Å². The van der Waals surface area contributed by atoms with Crippen LogP contribution in [0.2, 0.25) is 0 Å². The molecule has 1 fully saturated rings. The van der Waals surface area contributed by atoms with Crippen LogP contribution in [0.1, 0.15) is 18.2 Å². The number of nitrogens with zero attached hydrogens (tertiary/aromatic N) is 4. The van der Waals surface area contributed by atoms with Gasteiger partial charge in [-0.05, 0) is 30.7 Å². The molecule has 3 aromatic rings. The molecule has 4 heterocycles. The van der Waals surface area contributed by atoms with E-state index in [2.05, 4.69) is 15.0 Å². The zero-order valence-electron chi connectivity index (χ0n) is 11.8. The van der Waals surface area contributed by atoms with E-state index in [1.807, 2.05) is 34.9 Å². The Morgan fingerprint density at radius 3 is 2.68 bits per heavy atom. The molecule has 0 aromatic carbocycles. The van der Waals surface area contributed by atoms with E-state index in [-0.39, 0.29) is 17.4 Å². The van der Waals surface area contributed by atoms with Crippen molar-refractivity contribution in [3.63, 3.8) is 0 Å². The van der Waals surface area contributed by atoms with E-state index < -0.39 is 9.84 Å². The molecule has 112 valence electrons. The molecule has 1 unspecified atom stereocenters. The Morgan fingerprint density at radius 1 is 1.09 bits per heavy atom. The van der Waals surface area contributed by atoms with E-state index in [1.54, 1.807) is 12.4 Å². The highest BCUT2D eigenvalue weighted by Crippen LogP contribution is 2.31. The van der Waals surface area contributed by atoms with Crippen LogP contribution in [0.15, 0.2) is 42.7 Å². The Morgan fingerprint density at radius 2 is 1.95 bits per heavy atom. The average Bonchev–Trinajstić information content (AvgIpc) is 3.08. The molecule has 22 heavy (non-hydrogen) atoms. The molecular formula is C15H14N4O2S. The van der Waals surface area contributed by atoms with Gasteiger partial charge in [0.1, 0.15) is 17.2 Å². The van der Waals surface area contributed by atoms with Gasteiger partial charge in [-0.3, -0.25) is 4.57 Å². The van der Waals surface area contributed by atoms with Crippen LogP contribution in [0.3, 0.4) is 0 Å². The molecule has 7 heteroatoms. The van der Waals surface area contributed by atoms with Crippen molar-refractivity contribution in [1.29, 1.82) is 0 Å². The minimum atomic E-state index is -2.97. The van der Waals surface area contributed by atoms with Crippen molar-refractivity contribution in [1.82, 2.24) is 19.5 Å². The minimum absolute atomic E-state index is 0.110. The molecule has 1 atom stereocenters. The Kier molecular flexibility index (Phi) is 2.97. The highest BCUT2D eigenvalue weighted by Gasteiger charge is 2.33. The third kappa shape index (κ3) is 2.18. The fourth-order valence-electron chi connectivity index (χ4n) is 2.91. The van der Waals surface area contributed by atoms with Gasteiger partial charge in [-0.2, -0.15) is 0 Å². The van der Waals surface area contributed by atoms with Crippen LogP contribution < -0.4 is 0 Å². The molecule has 3 aromatic heterocycles. The molecule has 0 saturated carbocycles. The second-order valence-electron chi connectivity index (χ2n) is 5.44. The molecule has 1 saturated heterocycles. The summed E-state index contributed by atoms with van der Waals surface area (Å²) in [6, 6.07) is 9.33. The van der Waals surface area contributed by atoms with E-state index in [0.717, 1.165) is 11.3 Å². The Balaban J connectivity index is 1.95. The van der Waals surface area contributed by atoms with Crippen LogP contribution in [0.4, 0.5) is 0 Å². The number of sulfone groups is 1. The van der Waals surface area contributed by atoms with Crippen LogP contribution in [0.25, 0.3) is 17.0 Å². The number of hydrogen-bond donors (Lipinski definition) is 0. The first-order chi connectivity index (χ1) is 10.6. The van der Waals surface area contributed by atoms with Gasteiger partial charge in [0.25, 0.3) is 0 Å². The van der Waals surface area contributed by atoms with Crippen molar-refractivity contribution in [2.75, 3.05) is 11.5 Å². The van der Waals surface area contributed by atoms with Gasteiger partial charge in [-0.25, -0.2) is 23.4 Å². The quantitative estimate of drug-likeness (QED) is 0.719. The molecule has 0 radical (unpaired) electrons. The van der Waals surface area contributed by atoms with Crippen LogP contribution in [-0.4, -0.2) is 39.4 Å². The van der Waals surface area contributed by atoms with Crippen LogP contribution >= 0.6 is 0 Å². The zero-order valence-corrected chi connectivity index (χ0v) is 12.6. The minimum Gasteiger partial charge on any atom is -0.264 e. The second-order valence-corrected chi connectivity index (χ2v) is 7.67. The number of hydrogen-bond acceptors (Lipinski definition) is 5. The third-order valence-corrected chi connectivity index (χ3v) is 5.69. The number of pyridine rings is 2. The van der Waals surface area contributed by atoms with Crippen molar-refractivity contribution < 1.29 is 8.42 Å². The molecule has 1 aliphatic rings. The Hall–Kier alpha value is -2.28. The predicted molar refractivity (Wildman–Crippen MR) is 82.7 cm³/mol. The van der Waals surface area contributed by atoms with Crippen molar-refractivity contribution in [3.05, 3.63) is 48.5 Å². The molecule has 0 N–H and O–H groups in total. The summed E-state index contributed by atoms with van der Waals surface area (Å²) >= 11 is 0. The van der Waals surface area contributed by atoms with Gasteiger partial charge in [0, 0.05) is 18.3 Å². The zero-order chi connectivity index (χ0) is 15.2. The number of fused-ring (bicyclic) bond motifs is 1. The first kappa shape index (κ1) is 13.4. The van der Waals surface area contributed by atoms with E-state index in [9.17, 15) is 8.42 Å². The lowest BCUT2D eigenvalue weighted by molar-refractivity contribution is 0.601. The summed E-state index contributed by atoms with van der Waals surface area (Å²) in [6.45, 7) is 0. The number of aromatic nitrogens is 4. The maximum Gasteiger partial charge on any atom is 0.165 e. The monoisotopic (exact) mass is 314 g/mol. The summed E-state index contributed by atoms with van der Waals surface area (Å²) in [4.78, 5) is 13.4. The van der Waals surface area contributed by atoms with Gasteiger partial charge in [-0.1, -0.05) is 6.07 Å². The summed E-state index contributed by atoms with van der Waals surface area (Å²) in [6.07, 6.45) is 4.01. The van der Waals surface area contributed by atoms with E-state index in [4.69, 9.17) is 0 Å². The summed E-state index contributed by atoms with van der Waals surface area (Å²) in [7, 11) is -2.97. The van der Waals surface area contributed by atoms with Crippen molar-refractivity contribution in [3.8, 4) is 5.82 Å². The molecule has 6 nitrogen and oxygen atoms in total. The summed E-state index contributed by atoms with van der Waals surface area (Å²) < 4.78 is 25.5. The van der Waals surface area contributed by atoms with E-state index >= 15 is 0 Å². The van der Waals surface area contributed by atoms with Gasteiger partial charge >= 0.3 is 0 Å². The standard InChI is InChI=1S/C15H14N4O2S/c20-22(21)9-6-11(10-22)14-18-12-4-3-8-17-15(12)19(14)13-5-1-2-7-16-13/h1-5,7-8,11H,6,9-10H2. The summed E-state index contributed by atoms with van der Waals surface area (Å²) in [5, 5.41) is 0. The van der Waals surface area contributed by atoms with Crippen LogP contribution in [-0.2, 0) is 9.84 Å². The predicted octanol–water partition coefficient (Wildman–Crippen LogP) is 1.72. The number of rotatable bonds is 2. The molecule has 0 amide bonds. The Bertz CT molecular complexity index is 935. The fourth-order valence-corrected chi connectivity index (χ4v) is 4.65. The summed E-state index contributed by atoms with van der Waals surface area (Å²) in [5.74, 6) is 1.69. The highest BCUT2D eigenvalue weighted by atomic mass is 32.2.